The molecule has 2 N–H and O–H groups in total. The summed E-state index contributed by atoms with van der Waals surface area (Å²) < 4.78 is 0. The molecule has 4 amide bonds. The highest BCUT2D eigenvalue weighted by Crippen LogP contribution is 2.44. The molecule has 7 nitrogen and oxygen atoms in total. The Morgan fingerprint density at radius 1 is 1.16 bits per heavy atom. The molecule has 2 aromatic rings. The zero-order chi connectivity index (χ0) is 23.2. The van der Waals surface area contributed by atoms with Crippen LogP contribution in [0.1, 0.15) is 58.7 Å². The number of rotatable bonds is 7. The lowest BCUT2D eigenvalue weighted by Crippen LogP contribution is -2.51. The minimum atomic E-state index is -1.13. The normalized spacial score (nSPS) is 21.5. The molecule has 0 aliphatic carbocycles. The van der Waals surface area contributed by atoms with Gasteiger partial charge in [0.25, 0.3) is 5.91 Å². The lowest BCUT2D eigenvalue weighted by Gasteiger charge is -2.36. The predicted octanol–water partition coefficient (Wildman–Crippen LogP) is 3.78. The number of urea groups is 1. The maximum atomic E-state index is 13.9. The van der Waals surface area contributed by atoms with E-state index in [9.17, 15) is 14.4 Å². The first-order valence-electron chi connectivity index (χ1n) is 11.7. The van der Waals surface area contributed by atoms with Crippen molar-refractivity contribution >= 4 is 28.7 Å². The van der Waals surface area contributed by atoms with E-state index in [1.807, 2.05) is 45.0 Å². The van der Waals surface area contributed by atoms with Crippen molar-refractivity contribution < 1.29 is 14.4 Å². The summed E-state index contributed by atoms with van der Waals surface area (Å²) in [5.74, 6) is 0.0498. The summed E-state index contributed by atoms with van der Waals surface area (Å²) in [7, 11) is 0. The Morgan fingerprint density at radius 3 is 2.56 bits per heavy atom. The minimum Gasteiger partial charge on any atom is -0.356 e. The van der Waals surface area contributed by atoms with Crippen molar-refractivity contribution in [3.63, 3.8) is 0 Å². The van der Waals surface area contributed by atoms with Gasteiger partial charge in [0.2, 0.25) is 5.91 Å². The average Bonchev–Trinajstić information content (AvgIpc) is 3.20. The number of hydrogen-bond donors (Lipinski definition) is 2. The molecule has 172 valence electrons. The topological polar surface area (TPSA) is 85.5 Å². The number of benzene rings is 1. The van der Waals surface area contributed by atoms with E-state index in [2.05, 4.69) is 24.1 Å². The fourth-order valence-electron chi connectivity index (χ4n) is 5.07. The van der Waals surface area contributed by atoms with Crippen LogP contribution in [0, 0.1) is 11.8 Å². The third kappa shape index (κ3) is 3.48. The molecule has 2 aliphatic heterocycles. The van der Waals surface area contributed by atoms with Crippen molar-refractivity contribution in [1.82, 2.24) is 20.1 Å². The zero-order valence-corrected chi connectivity index (χ0v) is 19.7. The van der Waals surface area contributed by atoms with E-state index in [4.69, 9.17) is 0 Å². The second-order valence-corrected chi connectivity index (χ2v) is 10.1. The number of carbonyl (C=O) groups is 3. The van der Waals surface area contributed by atoms with E-state index in [0.717, 1.165) is 28.6 Å². The van der Waals surface area contributed by atoms with Crippen molar-refractivity contribution in [2.45, 2.75) is 65.5 Å². The fourth-order valence-corrected chi connectivity index (χ4v) is 5.07. The van der Waals surface area contributed by atoms with Crippen LogP contribution in [0.3, 0.4) is 0 Å². The number of carbonyl (C=O) groups excluding carboxylic acids is 3. The van der Waals surface area contributed by atoms with Crippen LogP contribution < -0.4 is 5.32 Å². The third-order valence-corrected chi connectivity index (χ3v) is 6.83. The molecule has 1 aromatic carbocycles. The third-order valence-electron chi connectivity index (χ3n) is 6.83. The average molecular weight is 439 g/mol. The Labute approximate surface area is 189 Å². The molecule has 7 heteroatoms. The SMILES string of the molecule is CC(C)CCNC(=O)C(CC(C)C)N1C(=O)N2CCc3c([nH]c4ccccc34)C2(C)C1=O. The lowest BCUT2D eigenvalue weighted by atomic mass is 9.87. The van der Waals surface area contributed by atoms with Crippen LogP contribution >= 0.6 is 0 Å². The Bertz CT molecular complexity index is 1060. The summed E-state index contributed by atoms with van der Waals surface area (Å²) in [5, 5.41) is 4.05. The number of aromatic amines is 1. The first-order valence-corrected chi connectivity index (χ1v) is 11.7. The van der Waals surface area contributed by atoms with Gasteiger partial charge >= 0.3 is 6.03 Å². The Morgan fingerprint density at radius 2 is 1.88 bits per heavy atom. The van der Waals surface area contributed by atoms with Gasteiger partial charge in [0.15, 0.2) is 5.54 Å². The molecule has 2 unspecified atom stereocenters. The minimum absolute atomic E-state index is 0.158. The molecule has 2 atom stereocenters. The Hall–Kier alpha value is -2.83. The second-order valence-electron chi connectivity index (χ2n) is 10.1. The summed E-state index contributed by atoms with van der Waals surface area (Å²) in [6.07, 6.45) is 1.97. The van der Waals surface area contributed by atoms with Gasteiger partial charge in [0.1, 0.15) is 6.04 Å². The van der Waals surface area contributed by atoms with E-state index in [1.165, 1.54) is 4.90 Å². The Balaban J connectivity index is 1.70. The quantitative estimate of drug-likeness (QED) is 0.645. The molecule has 2 aliphatic rings. The maximum Gasteiger partial charge on any atom is 0.328 e. The Kier molecular flexibility index (Phi) is 5.77. The summed E-state index contributed by atoms with van der Waals surface area (Å²) in [6.45, 7) is 11.0. The van der Waals surface area contributed by atoms with Crippen LogP contribution in [0.25, 0.3) is 10.9 Å². The van der Waals surface area contributed by atoms with E-state index in [1.54, 1.807) is 4.90 Å². The van der Waals surface area contributed by atoms with Crippen molar-refractivity contribution in [3.8, 4) is 0 Å². The number of hydrogen-bond acceptors (Lipinski definition) is 3. The summed E-state index contributed by atoms with van der Waals surface area (Å²) in [6, 6.07) is 6.80. The molecule has 3 heterocycles. The molecule has 32 heavy (non-hydrogen) atoms. The van der Waals surface area contributed by atoms with Gasteiger partial charge < -0.3 is 15.2 Å². The van der Waals surface area contributed by atoms with Gasteiger partial charge in [-0.15, -0.1) is 0 Å². The van der Waals surface area contributed by atoms with E-state index < -0.39 is 11.6 Å². The van der Waals surface area contributed by atoms with Crippen LogP contribution in [-0.2, 0) is 21.5 Å². The van der Waals surface area contributed by atoms with Crippen molar-refractivity contribution in [3.05, 3.63) is 35.5 Å². The summed E-state index contributed by atoms with van der Waals surface area (Å²) in [4.78, 5) is 46.8. The van der Waals surface area contributed by atoms with Gasteiger partial charge in [-0.25, -0.2) is 9.69 Å². The maximum absolute atomic E-state index is 13.9. The highest BCUT2D eigenvalue weighted by molar-refractivity contribution is 6.11. The second kappa shape index (κ2) is 8.26. The monoisotopic (exact) mass is 438 g/mol. The number of para-hydroxylation sites is 1. The molecular formula is C25H34N4O3. The van der Waals surface area contributed by atoms with Gasteiger partial charge in [-0.2, -0.15) is 0 Å². The van der Waals surface area contributed by atoms with E-state index in [0.29, 0.717) is 31.8 Å². The summed E-state index contributed by atoms with van der Waals surface area (Å²) in [5.41, 5.74) is 1.69. The number of nitrogens with zero attached hydrogens (tertiary/aromatic N) is 2. The van der Waals surface area contributed by atoms with Crippen LogP contribution in [0.5, 0.6) is 0 Å². The van der Waals surface area contributed by atoms with Crippen LogP contribution in [0.15, 0.2) is 24.3 Å². The largest absolute Gasteiger partial charge is 0.356 e. The zero-order valence-electron chi connectivity index (χ0n) is 19.7. The van der Waals surface area contributed by atoms with Crippen molar-refractivity contribution in [2.24, 2.45) is 11.8 Å². The standard InChI is InChI=1S/C25H34N4O3/c1-15(2)10-12-26-22(30)20(14-16(3)4)29-23(31)25(5)21-18(11-13-28(25)24(29)32)17-8-6-7-9-19(17)27-21/h6-9,15-16,20,27H,10-14H2,1-5H3,(H,26,30). The van der Waals surface area contributed by atoms with Crippen LogP contribution in [0.2, 0.25) is 0 Å². The number of imide groups is 1. The van der Waals surface area contributed by atoms with E-state index >= 15 is 0 Å². The molecule has 1 fully saturated rings. The predicted molar refractivity (Wildman–Crippen MR) is 124 cm³/mol. The van der Waals surface area contributed by atoms with Gasteiger partial charge in [0, 0.05) is 24.0 Å². The lowest BCUT2D eigenvalue weighted by molar-refractivity contribution is -0.140. The first-order chi connectivity index (χ1) is 15.2. The summed E-state index contributed by atoms with van der Waals surface area (Å²) >= 11 is 0. The van der Waals surface area contributed by atoms with Gasteiger partial charge in [-0.3, -0.25) is 9.59 Å². The fraction of sp³-hybridized carbons (Fsp3) is 0.560. The molecule has 0 spiro atoms. The molecule has 0 saturated carbocycles. The first kappa shape index (κ1) is 22.4. The number of aromatic nitrogens is 1. The van der Waals surface area contributed by atoms with Crippen LogP contribution in [-0.4, -0.2) is 51.8 Å². The smallest absolute Gasteiger partial charge is 0.328 e. The molecule has 0 bridgehead atoms. The molecule has 1 saturated heterocycles. The number of amides is 4. The highest BCUT2D eigenvalue weighted by Gasteiger charge is 2.60. The van der Waals surface area contributed by atoms with Crippen LogP contribution in [0.4, 0.5) is 4.79 Å². The van der Waals surface area contributed by atoms with Gasteiger partial charge in [0.05, 0.1) is 5.69 Å². The van der Waals surface area contributed by atoms with Gasteiger partial charge in [-0.05, 0) is 49.7 Å². The number of H-pyrrole nitrogens is 1. The van der Waals surface area contributed by atoms with Crippen molar-refractivity contribution in [2.75, 3.05) is 13.1 Å². The number of fused-ring (bicyclic) bond motifs is 5. The number of nitrogens with one attached hydrogen (secondary N) is 2. The highest BCUT2D eigenvalue weighted by atomic mass is 16.2. The van der Waals surface area contributed by atoms with Gasteiger partial charge in [-0.1, -0.05) is 45.9 Å². The van der Waals surface area contributed by atoms with E-state index in [-0.39, 0.29) is 23.8 Å². The molecule has 4 rings (SSSR count). The van der Waals surface area contributed by atoms with Crippen molar-refractivity contribution in [1.29, 1.82) is 0 Å². The molecule has 0 radical (unpaired) electrons. The molecule has 1 aromatic heterocycles. The molecular weight excluding hydrogens is 404 g/mol.